The lowest BCUT2D eigenvalue weighted by molar-refractivity contribution is -0.397. The molecule has 0 aliphatic carbocycles. The van der Waals surface area contributed by atoms with Gasteiger partial charge >= 0.3 is 10.0 Å². The SMILES string of the molecule is O=S(=O)([NH2+]c1ccccc1)c1ccccc1. The molecule has 2 N–H and O–H groups in total. The minimum atomic E-state index is -3.34. The van der Waals surface area contributed by atoms with Crippen molar-refractivity contribution in [3.8, 4) is 0 Å². The minimum absolute atomic E-state index is 0.318. The summed E-state index contributed by atoms with van der Waals surface area (Å²) in [6.45, 7) is 0. The molecule has 82 valence electrons. The number of primary sulfonamides is 1. The highest BCUT2D eigenvalue weighted by Crippen LogP contribution is 2.05. The number of benzene rings is 2. The van der Waals surface area contributed by atoms with E-state index in [1.807, 2.05) is 18.2 Å². The highest BCUT2D eigenvalue weighted by Gasteiger charge is 2.17. The van der Waals surface area contributed by atoms with Crippen LogP contribution in [-0.2, 0) is 10.0 Å². The van der Waals surface area contributed by atoms with Crippen LogP contribution in [0.15, 0.2) is 65.6 Å². The first kappa shape index (κ1) is 10.9. The molecule has 0 bridgehead atoms. The molecule has 16 heavy (non-hydrogen) atoms. The number of hydrogen-bond acceptors (Lipinski definition) is 2. The van der Waals surface area contributed by atoms with E-state index in [9.17, 15) is 8.42 Å². The largest absolute Gasteiger partial charge is 0.328 e. The molecule has 0 fully saturated rings. The first-order chi connectivity index (χ1) is 7.68. The Morgan fingerprint density at radius 3 is 1.81 bits per heavy atom. The lowest BCUT2D eigenvalue weighted by Crippen LogP contribution is -2.81. The van der Waals surface area contributed by atoms with Crippen LogP contribution >= 0.6 is 0 Å². The lowest BCUT2D eigenvalue weighted by atomic mass is 10.3. The second kappa shape index (κ2) is 4.47. The predicted octanol–water partition coefficient (Wildman–Crippen LogP) is 1.27. The molecule has 0 heterocycles. The van der Waals surface area contributed by atoms with E-state index in [1.54, 1.807) is 42.5 Å². The summed E-state index contributed by atoms with van der Waals surface area (Å²) < 4.78 is 25.2. The van der Waals surface area contributed by atoms with Crippen molar-refractivity contribution >= 4 is 15.7 Å². The fraction of sp³-hybridized carbons (Fsp3) is 0. The van der Waals surface area contributed by atoms with Gasteiger partial charge in [0.15, 0.2) is 0 Å². The van der Waals surface area contributed by atoms with Gasteiger partial charge < -0.3 is 0 Å². The van der Waals surface area contributed by atoms with Gasteiger partial charge in [-0.05, 0) is 12.1 Å². The molecule has 4 heteroatoms. The predicted molar refractivity (Wildman–Crippen MR) is 61.7 cm³/mol. The molecule has 0 aliphatic heterocycles. The van der Waals surface area contributed by atoms with Gasteiger partial charge in [0.05, 0.1) is 0 Å². The summed E-state index contributed by atoms with van der Waals surface area (Å²) in [6, 6.07) is 17.4. The van der Waals surface area contributed by atoms with Crippen LogP contribution in [0.5, 0.6) is 0 Å². The molecule has 0 spiro atoms. The highest BCUT2D eigenvalue weighted by molar-refractivity contribution is 7.85. The van der Waals surface area contributed by atoms with Crippen molar-refractivity contribution in [1.82, 2.24) is 0 Å². The van der Waals surface area contributed by atoms with E-state index in [2.05, 4.69) is 0 Å². The van der Waals surface area contributed by atoms with E-state index < -0.39 is 10.0 Å². The number of rotatable bonds is 3. The van der Waals surface area contributed by atoms with Gasteiger partial charge in [0, 0.05) is 12.1 Å². The normalized spacial score (nSPS) is 11.2. The Labute approximate surface area is 94.8 Å². The van der Waals surface area contributed by atoms with Crippen molar-refractivity contribution in [1.29, 1.82) is 0 Å². The first-order valence-corrected chi connectivity index (χ1v) is 6.43. The third kappa shape index (κ3) is 2.48. The Kier molecular flexibility index (Phi) is 3.03. The van der Waals surface area contributed by atoms with Crippen LogP contribution in [0.2, 0.25) is 0 Å². The van der Waals surface area contributed by atoms with Crippen LogP contribution in [0.25, 0.3) is 0 Å². The van der Waals surface area contributed by atoms with Gasteiger partial charge in [0.2, 0.25) is 0 Å². The van der Waals surface area contributed by atoms with Crippen LogP contribution in [0.3, 0.4) is 0 Å². The zero-order chi connectivity index (χ0) is 11.4. The topological polar surface area (TPSA) is 50.8 Å². The van der Waals surface area contributed by atoms with Crippen LogP contribution in [-0.4, -0.2) is 8.42 Å². The summed E-state index contributed by atoms with van der Waals surface area (Å²) in [5, 5.41) is 0. The molecule has 2 aromatic carbocycles. The summed E-state index contributed by atoms with van der Waals surface area (Å²) in [6.07, 6.45) is 0. The van der Waals surface area contributed by atoms with E-state index in [0.717, 1.165) is 0 Å². The average molecular weight is 234 g/mol. The molecular weight excluding hydrogens is 222 g/mol. The van der Waals surface area contributed by atoms with Gasteiger partial charge in [-0.3, -0.25) is 0 Å². The Balaban J connectivity index is 2.29. The third-order valence-corrected chi connectivity index (χ3v) is 3.67. The molecule has 0 saturated heterocycles. The standard InChI is InChI=1S/C12H11NO2S/c14-16(15,12-9-5-2-6-10-12)13-11-7-3-1-4-8-11/h1-10,13H/p+1. The van der Waals surface area contributed by atoms with E-state index >= 15 is 0 Å². The van der Waals surface area contributed by atoms with Crippen LogP contribution in [0.1, 0.15) is 0 Å². The Morgan fingerprint density at radius 2 is 1.25 bits per heavy atom. The maximum Gasteiger partial charge on any atom is 0.328 e. The molecule has 0 unspecified atom stereocenters. The van der Waals surface area contributed by atoms with Crippen molar-refractivity contribution < 1.29 is 13.1 Å². The van der Waals surface area contributed by atoms with Crippen LogP contribution in [0, 0.1) is 0 Å². The lowest BCUT2D eigenvalue weighted by Gasteiger charge is -2.01. The average Bonchev–Trinajstić information content (AvgIpc) is 2.31. The molecule has 3 nitrogen and oxygen atoms in total. The van der Waals surface area contributed by atoms with Crippen molar-refractivity contribution in [3.63, 3.8) is 0 Å². The Hall–Kier alpha value is -1.65. The Bertz CT molecular complexity index is 550. The zero-order valence-electron chi connectivity index (χ0n) is 8.58. The molecule has 0 atom stereocenters. The monoisotopic (exact) mass is 234 g/mol. The van der Waals surface area contributed by atoms with E-state index in [0.29, 0.717) is 10.6 Å². The van der Waals surface area contributed by atoms with Crippen molar-refractivity contribution in [2.45, 2.75) is 4.90 Å². The quantitative estimate of drug-likeness (QED) is 0.813. The van der Waals surface area contributed by atoms with Gasteiger partial charge in [-0.15, -0.1) is 0 Å². The number of nitrogens with two attached hydrogens (primary N) is 1. The van der Waals surface area contributed by atoms with Crippen molar-refractivity contribution in [2.75, 3.05) is 0 Å². The van der Waals surface area contributed by atoms with Gasteiger partial charge in [-0.25, -0.2) is 4.72 Å². The van der Waals surface area contributed by atoms with Crippen molar-refractivity contribution in [2.24, 2.45) is 0 Å². The van der Waals surface area contributed by atoms with E-state index in [1.165, 1.54) is 4.72 Å². The summed E-state index contributed by atoms with van der Waals surface area (Å²) in [5.41, 5.74) is 0.686. The molecular formula is C12H12NO2S+. The fourth-order valence-electron chi connectivity index (χ4n) is 1.39. The summed E-state index contributed by atoms with van der Waals surface area (Å²) in [5.74, 6) is 0. The molecule has 2 rings (SSSR count). The van der Waals surface area contributed by atoms with Crippen LogP contribution in [0.4, 0.5) is 5.69 Å². The van der Waals surface area contributed by atoms with Crippen LogP contribution < -0.4 is 4.72 Å². The summed E-state index contributed by atoms with van der Waals surface area (Å²) in [4.78, 5) is 0.318. The number of hydrogen-bond donors (Lipinski definition) is 1. The molecule has 0 radical (unpaired) electrons. The summed E-state index contributed by atoms with van der Waals surface area (Å²) >= 11 is 0. The third-order valence-electron chi connectivity index (χ3n) is 2.16. The maximum absolute atomic E-state index is 11.9. The van der Waals surface area contributed by atoms with Gasteiger partial charge in [0.25, 0.3) is 0 Å². The smallest absolute Gasteiger partial charge is 0.205 e. The molecule has 0 aliphatic rings. The highest BCUT2D eigenvalue weighted by atomic mass is 32.2. The van der Waals surface area contributed by atoms with E-state index in [4.69, 9.17) is 0 Å². The van der Waals surface area contributed by atoms with Gasteiger partial charge in [-0.1, -0.05) is 36.4 Å². The van der Waals surface area contributed by atoms with Gasteiger partial charge in [-0.2, -0.15) is 8.42 Å². The zero-order valence-corrected chi connectivity index (χ0v) is 9.39. The Morgan fingerprint density at radius 1 is 0.750 bits per heavy atom. The molecule has 2 aromatic rings. The van der Waals surface area contributed by atoms with Gasteiger partial charge in [0.1, 0.15) is 10.6 Å². The maximum atomic E-state index is 11.9. The summed E-state index contributed by atoms with van der Waals surface area (Å²) in [7, 11) is -3.34. The molecule has 0 aromatic heterocycles. The second-order valence-corrected chi connectivity index (χ2v) is 5.18. The number of sulfonamides is 1. The van der Waals surface area contributed by atoms with E-state index in [-0.39, 0.29) is 0 Å². The number of quaternary nitrogens is 1. The minimum Gasteiger partial charge on any atom is -0.205 e. The molecule has 0 saturated carbocycles. The first-order valence-electron chi connectivity index (χ1n) is 4.88. The van der Waals surface area contributed by atoms with Crippen molar-refractivity contribution in [3.05, 3.63) is 60.7 Å². The molecule has 0 amide bonds. The fourth-order valence-corrected chi connectivity index (χ4v) is 2.58. The second-order valence-electron chi connectivity index (χ2n) is 3.39.